The Morgan fingerprint density at radius 2 is 1.86 bits per heavy atom. The summed E-state index contributed by atoms with van der Waals surface area (Å²) in [5, 5.41) is 13.3. The molecular formula is C30H35N3O3. The molecule has 2 aromatic heterocycles. The number of likely N-dealkylation sites (tertiary alicyclic amines) is 1. The van der Waals surface area contributed by atoms with Crippen molar-refractivity contribution in [2.24, 2.45) is 5.41 Å². The van der Waals surface area contributed by atoms with Crippen molar-refractivity contribution in [3.8, 4) is 0 Å². The third kappa shape index (κ3) is 5.15. The highest BCUT2D eigenvalue weighted by Crippen LogP contribution is 2.36. The van der Waals surface area contributed by atoms with Crippen LogP contribution in [0.4, 0.5) is 0 Å². The standard InChI is InChI=1S/C30H35N3O3/c1-29(2,3)20-33-14-11-30(35,12-15-33)24-8-10-26-23(17-24)18-27(36-26)28(34)32(4)19-21-7-9-25-22(16-21)6-5-13-31-25/h5-10,13,16-18,35H,11-12,14-15,19-20H2,1-4H3. The summed E-state index contributed by atoms with van der Waals surface area (Å²) in [7, 11) is 1.78. The van der Waals surface area contributed by atoms with Crippen molar-refractivity contribution in [2.45, 2.75) is 45.8 Å². The number of nitrogens with zero attached hydrogens (tertiary/aromatic N) is 3. The molecule has 1 aliphatic heterocycles. The lowest BCUT2D eigenvalue weighted by Gasteiger charge is -2.40. The molecule has 3 heterocycles. The fourth-order valence-corrected chi connectivity index (χ4v) is 5.24. The van der Waals surface area contributed by atoms with E-state index in [1.54, 1.807) is 24.2 Å². The Labute approximate surface area is 212 Å². The number of rotatable bonds is 5. The summed E-state index contributed by atoms with van der Waals surface area (Å²) < 4.78 is 5.91. The first-order valence-electron chi connectivity index (χ1n) is 12.7. The average molecular weight is 486 g/mol. The van der Waals surface area contributed by atoms with Crippen LogP contribution in [0.5, 0.6) is 0 Å². The van der Waals surface area contributed by atoms with Crippen LogP contribution in [-0.4, -0.2) is 52.5 Å². The van der Waals surface area contributed by atoms with Gasteiger partial charge in [0.2, 0.25) is 0 Å². The van der Waals surface area contributed by atoms with E-state index in [1.165, 1.54) is 0 Å². The van der Waals surface area contributed by atoms with E-state index in [1.807, 2.05) is 42.5 Å². The topological polar surface area (TPSA) is 69.8 Å². The number of hydrogen-bond donors (Lipinski definition) is 1. The highest BCUT2D eigenvalue weighted by Gasteiger charge is 2.35. The fourth-order valence-electron chi connectivity index (χ4n) is 5.24. The molecule has 0 spiro atoms. The van der Waals surface area contributed by atoms with Gasteiger partial charge in [0, 0.05) is 50.2 Å². The van der Waals surface area contributed by atoms with E-state index in [-0.39, 0.29) is 11.3 Å². The summed E-state index contributed by atoms with van der Waals surface area (Å²) in [5.74, 6) is 0.132. The molecule has 6 nitrogen and oxygen atoms in total. The molecule has 1 aliphatic rings. The number of hydrogen-bond acceptors (Lipinski definition) is 5. The summed E-state index contributed by atoms with van der Waals surface area (Å²) in [6.07, 6.45) is 3.17. The molecule has 0 unspecified atom stereocenters. The zero-order chi connectivity index (χ0) is 25.5. The van der Waals surface area contributed by atoms with E-state index in [4.69, 9.17) is 4.42 Å². The Bertz CT molecular complexity index is 1390. The van der Waals surface area contributed by atoms with E-state index in [0.717, 1.165) is 47.1 Å². The number of carbonyl (C=O) groups excluding carboxylic acids is 1. The Kier molecular flexibility index (Phi) is 6.35. The van der Waals surface area contributed by atoms with Crippen molar-refractivity contribution in [1.29, 1.82) is 0 Å². The third-order valence-corrected chi connectivity index (χ3v) is 7.08. The lowest BCUT2D eigenvalue weighted by Crippen LogP contribution is -2.45. The predicted octanol–water partition coefficient (Wildman–Crippen LogP) is 5.58. The molecule has 1 fully saturated rings. The zero-order valence-electron chi connectivity index (χ0n) is 21.6. The van der Waals surface area contributed by atoms with Crippen LogP contribution in [0, 0.1) is 5.41 Å². The Morgan fingerprint density at radius 3 is 2.61 bits per heavy atom. The SMILES string of the molecule is CN(Cc1ccc2ncccc2c1)C(=O)c1cc2cc(C3(O)CCN(CC(C)(C)C)CC3)ccc2o1. The molecule has 0 atom stereocenters. The zero-order valence-corrected chi connectivity index (χ0v) is 21.6. The van der Waals surface area contributed by atoms with Crippen LogP contribution in [0.15, 0.2) is 65.2 Å². The molecule has 4 aromatic rings. The molecule has 36 heavy (non-hydrogen) atoms. The lowest BCUT2D eigenvalue weighted by molar-refractivity contribution is -0.0316. The smallest absolute Gasteiger partial charge is 0.289 e. The predicted molar refractivity (Wildman–Crippen MR) is 143 cm³/mol. The van der Waals surface area contributed by atoms with Gasteiger partial charge < -0.3 is 19.3 Å². The van der Waals surface area contributed by atoms with E-state index in [2.05, 4.69) is 36.7 Å². The van der Waals surface area contributed by atoms with E-state index in [9.17, 15) is 9.90 Å². The monoisotopic (exact) mass is 485 g/mol. The van der Waals surface area contributed by atoms with Gasteiger partial charge in [0.25, 0.3) is 5.91 Å². The van der Waals surface area contributed by atoms with Gasteiger partial charge in [-0.3, -0.25) is 9.78 Å². The highest BCUT2D eigenvalue weighted by molar-refractivity contribution is 5.96. The molecule has 0 aliphatic carbocycles. The second kappa shape index (κ2) is 9.34. The largest absolute Gasteiger partial charge is 0.451 e. The number of pyridine rings is 1. The van der Waals surface area contributed by atoms with Crippen molar-refractivity contribution in [3.63, 3.8) is 0 Å². The number of carbonyl (C=O) groups is 1. The van der Waals surface area contributed by atoms with E-state index in [0.29, 0.717) is 30.7 Å². The summed E-state index contributed by atoms with van der Waals surface area (Å²) in [5.41, 5.74) is 2.90. The molecule has 1 amide bonds. The van der Waals surface area contributed by atoms with Gasteiger partial charge in [0.15, 0.2) is 5.76 Å². The minimum Gasteiger partial charge on any atom is -0.451 e. The molecular weight excluding hydrogens is 450 g/mol. The molecule has 1 N–H and O–H groups in total. The van der Waals surface area contributed by atoms with Gasteiger partial charge in [-0.25, -0.2) is 0 Å². The number of amides is 1. The Hall–Kier alpha value is -3.22. The molecule has 188 valence electrons. The fraction of sp³-hybridized carbons (Fsp3) is 0.400. The molecule has 2 aromatic carbocycles. The van der Waals surface area contributed by atoms with Crippen LogP contribution in [0.25, 0.3) is 21.9 Å². The van der Waals surface area contributed by atoms with Gasteiger partial charge in [0.1, 0.15) is 5.58 Å². The second-order valence-electron chi connectivity index (χ2n) is 11.4. The first-order chi connectivity index (χ1) is 17.1. The van der Waals surface area contributed by atoms with Crippen LogP contribution in [0.2, 0.25) is 0 Å². The maximum atomic E-state index is 13.1. The van der Waals surface area contributed by atoms with Crippen LogP contribution in [0.1, 0.15) is 55.3 Å². The number of fused-ring (bicyclic) bond motifs is 2. The number of aromatic nitrogens is 1. The summed E-state index contributed by atoms with van der Waals surface area (Å²) in [6, 6.07) is 17.5. The van der Waals surface area contributed by atoms with E-state index < -0.39 is 5.60 Å². The van der Waals surface area contributed by atoms with Crippen LogP contribution in [-0.2, 0) is 12.1 Å². The van der Waals surface area contributed by atoms with Crippen LogP contribution < -0.4 is 0 Å². The molecule has 0 saturated carbocycles. The quantitative estimate of drug-likeness (QED) is 0.399. The average Bonchev–Trinajstić information content (AvgIpc) is 3.28. The first-order valence-corrected chi connectivity index (χ1v) is 12.7. The molecule has 5 rings (SSSR count). The number of benzene rings is 2. The molecule has 6 heteroatoms. The number of piperidine rings is 1. The minimum absolute atomic E-state index is 0.173. The summed E-state index contributed by atoms with van der Waals surface area (Å²) >= 11 is 0. The van der Waals surface area contributed by atoms with Crippen molar-refractivity contribution in [3.05, 3.63) is 77.7 Å². The maximum absolute atomic E-state index is 13.1. The first kappa shape index (κ1) is 24.5. The van der Waals surface area contributed by atoms with Crippen molar-refractivity contribution >= 4 is 27.8 Å². The summed E-state index contributed by atoms with van der Waals surface area (Å²) in [6.45, 7) is 9.98. The Balaban J connectivity index is 1.29. The van der Waals surface area contributed by atoms with Crippen molar-refractivity contribution in [1.82, 2.24) is 14.8 Å². The number of aliphatic hydroxyl groups is 1. The number of furan rings is 1. The normalized spacial score (nSPS) is 16.5. The van der Waals surface area contributed by atoms with Gasteiger partial charge in [-0.2, -0.15) is 0 Å². The summed E-state index contributed by atoms with van der Waals surface area (Å²) in [4.78, 5) is 21.6. The van der Waals surface area contributed by atoms with Gasteiger partial charge in [-0.15, -0.1) is 0 Å². The molecule has 0 bridgehead atoms. The third-order valence-electron chi connectivity index (χ3n) is 7.08. The van der Waals surface area contributed by atoms with Crippen molar-refractivity contribution < 1.29 is 14.3 Å². The van der Waals surface area contributed by atoms with Gasteiger partial charge >= 0.3 is 0 Å². The molecule has 0 radical (unpaired) electrons. The van der Waals surface area contributed by atoms with Gasteiger partial charge in [-0.1, -0.05) is 39.0 Å². The van der Waals surface area contributed by atoms with E-state index >= 15 is 0 Å². The second-order valence-corrected chi connectivity index (χ2v) is 11.4. The highest BCUT2D eigenvalue weighted by atomic mass is 16.3. The minimum atomic E-state index is -0.855. The van der Waals surface area contributed by atoms with Crippen LogP contribution >= 0.6 is 0 Å². The van der Waals surface area contributed by atoms with Crippen molar-refractivity contribution in [2.75, 3.05) is 26.7 Å². The lowest BCUT2D eigenvalue weighted by atomic mass is 9.83. The van der Waals surface area contributed by atoms with Gasteiger partial charge in [0.05, 0.1) is 11.1 Å². The van der Waals surface area contributed by atoms with Crippen LogP contribution in [0.3, 0.4) is 0 Å². The van der Waals surface area contributed by atoms with Gasteiger partial charge in [-0.05, 0) is 65.8 Å². The molecule has 1 saturated heterocycles. The maximum Gasteiger partial charge on any atom is 0.289 e. The Morgan fingerprint density at radius 1 is 1.08 bits per heavy atom.